The van der Waals surface area contributed by atoms with Crippen molar-refractivity contribution in [1.29, 1.82) is 0 Å². The first-order chi connectivity index (χ1) is 16.1. The quantitative estimate of drug-likeness (QED) is 0.381. The van der Waals surface area contributed by atoms with Gasteiger partial charge in [0.25, 0.3) is 0 Å². The van der Waals surface area contributed by atoms with Gasteiger partial charge in [0.1, 0.15) is 23.7 Å². The Hall–Kier alpha value is -3.25. The number of hydrogen-bond donors (Lipinski definition) is 0. The summed E-state index contributed by atoms with van der Waals surface area (Å²) in [6, 6.07) is 21.1. The molecule has 0 aromatic heterocycles. The van der Waals surface area contributed by atoms with E-state index in [1.807, 2.05) is 56.3 Å². The van der Waals surface area contributed by atoms with Crippen molar-refractivity contribution in [3.05, 3.63) is 101 Å². The number of ether oxygens (including phenoxy) is 2. The zero-order valence-corrected chi connectivity index (χ0v) is 19.5. The first-order valence-electron chi connectivity index (χ1n) is 11.2. The van der Waals surface area contributed by atoms with Crippen LogP contribution in [0.25, 0.3) is 5.57 Å². The Morgan fingerprint density at radius 3 is 2.32 bits per heavy atom. The number of alkyl halides is 3. The van der Waals surface area contributed by atoms with Gasteiger partial charge in [-0.25, -0.2) is 0 Å². The molecule has 0 unspecified atom stereocenters. The number of benzene rings is 3. The molecule has 1 aliphatic rings. The smallest absolute Gasteiger partial charge is 0.416 e. The van der Waals surface area contributed by atoms with E-state index >= 15 is 0 Å². The fourth-order valence-electron chi connectivity index (χ4n) is 4.01. The number of likely N-dealkylation sites (N-methyl/N-ethyl adjacent to an activating group) is 1. The van der Waals surface area contributed by atoms with Crippen LogP contribution in [0.15, 0.2) is 78.9 Å². The Morgan fingerprint density at radius 2 is 1.65 bits per heavy atom. The lowest BCUT2D eigenvalue weighted by Crippen LogP contribution is -2.29. The normalized spacial score (nSPS) is 14.9. The van der Waals surface area contributed by atoms with Gasteiger partial charge in [-0.2, -0.15) is 13.2 Å². The van der Waals surface area contributed by atoms with Crippen molar-refractivity contribution in [3.63, 3.8) is 0 Å². The summed E-state index contributed by atoms with van der Waals surface area (Å²) in [6.07, 6.45) is -2.42. The fraction of sp³-hybridized carbons (Fsp3) is 0.286. The van der Waals surface area contributed by atoms with E-state index in [4.69, 9.17) is 9.47 Å². The van der Waals surface area contributed by atoms with Crippen LogP contribution in [0.3, 0.4) is 0 Å². The second kappa shape index (κ2) is 9.55. The number of nitrogens with zero attached hydrogens (tertiary/aromatic N) is 1. The van der Waals surface area contributed by atoms with Crippen molar-refractivity contribution >= 4 is 5.57 Å². The van der Waals surface area contributed by atoms with E-state index < -0.39 is 17.3 Å². The highest BCUT2D eigenvalue weighted by Crippen LogP contribution is 2.41. The molecule has 0 saturated heterocycles. The van der Waals surface area contributed by atoms with Gasteiger partial charge in [0, 0.05) is 24.7 Å². The molecule has 4 rings (SSSR count). The van der Waals surface area contributed by atoms with Gasteiger partial charge in [-0.3, -0.25) is 4.90 Å². The van der Waals surface area contributed by atoms with Gasteiger partial charge < -0.3 is 9.47 Å². The molecule has 0 fully saturated rings. The summed E-state index contributed by atoms with van der Waals surface area (Å²) >= 11 is 0. The molecule has 178 valence electrons. The van der Waals surface area contributed by atoms with Crippen LogP contribution in [0, 0.1) is 0 Å². The lowest BCUT2D eigenvalue weighted by Gasteiger charge is -2.31. The fourth-order valence-corrected chi connectivity index (χ4v) is 4.01. The highest BCUT2D eigenvalue weighted by atomic mass is 19.4. The molecular weight excluding hydrogens is 439 g/mol. The molecule has 0 aliphatic carbocycles. The molecule has 6 heteroatoms. The summed E-state index contributed by atoms with van der Waals surface area (Å²) in [4.78, 5) is 2.19. The Labute approximate surface area is 198 Å². The van der Waals surface area contributed by atoms with Crippen molar-refractivity contribution in [1.82, 2.24) is 4.90 Å². The summed E-state index contributed by atoms with van der Waals surface area (Å²) in [5.74, 6) is 1.34. The van der Waals surface area contributed by atoms with Crippen molar-refractivity contribution in [2.75, 3.05) is 20.2 Å². The van der Waals surface area contributed by atoms with Crippen LogP contribution in [0.4, 0.5) is 13.2 Å². The maximum atomic E-state index is 13.0. The van der Waals surface area contributed by atoms with Gasteiger partial charge in [-0.1, -0.05) is 42.5 Å². The van der Waals surface area contributed by atoms with E-state index in [1.54, 1.807) is 0 Å². The molecule has 0 radical (unpaired) electrons. The summed E-state index contributed by atoms with van der Waals surface area (Å²) in [6.45, 7) is 5.97. The van der Waals surface area contributed by atoms with Crippen LogP contribution in [0.1, 0.15) is 36.1 Å². The van der Waals surface area contributed by atoms with E-state index in [0.717, 1.165) is 36.4 Å². The van der Waals surface area contributed by atoms with Gasteiger partial charge in [-0.05, 0) is 67.9 Å². The Morgan fingerprint density at radius 1 is 0.941 bits per heavy atom. The lowest BCUT2D eigenvalue weighted by molar-refractivity contribution is -0.137. The third-order valence-electron chi connectivity index (χ3n) is 5.67. The molecule has 34 heavy (non-hydrogen) atoms. The van der Waals surface area contributed by atoms with Crippen molar-refractivity contribution in [3.8, 4) is 11.5 Å². The summed E-state index contributed by atoms with van der Waals surface area (Å²) in [7, 11) is 2.05. The van der Waals surface area contributed by atoms with Crippen LogP contribution in [0.2, 0.25) is 0 Å². The average molecular weight is 468 g/mol. The van der Waals surface area contributed by atoms with Gasteiger partial charge >= 0.3 is 6.18 Å². The third-order valence-corrected chi connectivity index (χ3v) is 5.67. The van der Waals surface area contributed by atoms with Crippen LogP contribution >= 0.6 is 0 Å². The topological polar surface area (TPSA) is 21.7 Å². The van der Waals surface area contributed by atoms with Crippen LogP contribution in [0.5, 0.6) is 11.5 Å². The molecule has 1 heterocycles. The van der Waals surface area contributed by atoms with Gasteiger partial charge in [-0.15, -0.1) is 0 Å². The minimum atomic E-state index is -4.36. The molecular formula is C28H28F3NO2. The van der Waals surface area contributed by atoms with Gasteiger partial charge in [0.05, 0.1) is 5.56 Å². The van der Waals surface area contributed by atoms with Crippen molar-refractivity contribution < 1.29 is 22.6 Å². The number of hydrogen-bond acceptors (Lipinski definition) is 3. The minimum absolute atomic E-state index is 0.521. The standard InChI is InChI=1S/C28H28F3NO2/c1-27(2)18-25(21-9-11-22(12-10-21)28(29,30)31)24-14-13-23(17-26(24)34-27)33-16-15-32(3)19-20-7-5-4-6-8-20/h4-14,17-18H,15-16,19H2,1-3H3. The molecule has 0 atom stereocenters. The molecule has 3 nitrogen and oxygen atoms in total. The molecule has 0 bridgehead atoms. The predicted octanol–water partition coefficient (Wildman–Crippen LogP) is 6.82. The number of rotatable bonds is 7. The molecule has 0 N–H and O–H groups in total. The SMILES string of the molecule is CN(CCOc1ccc2c(c1)OC(C)(C)C=C2c1ccc(C(F)(F)F)cc1)Cc1ccccc1. The summed E-state index contributed by atoms with van der Waals surface area (Å²) in [5.41, 5.74) is 2.35. The maximum absolute atomic E-state index is 13.0. The van der Waals surface area contributed by atoms with Crippen LogP contribution < -0.4 is 9.47 Å². The van der Waals surface area contributed by atoms with Gasteiger partial charge in [0.2, 0.25) is 0 Å². The van der Waals surface area contributed by atoms with E-state index in [1.165, 1.54) is 17.7 Å². The highest BCUT2D eigenvalue weighted by Gasteiger charge is 2.31. The minimum Gasteiger partial charge on any atom is -0.492 e. The molecule has 1 aliphatic heterocycles. The number of fused-ring (bicyclic) bond motifs is 1. The van der Waals surface area contributed by atoms with Crippen molar-refractivity contribution in [2.24, 2.45) is 0 Å². The third kappa shape index (κ3) is 5.81. The maximum Gasteiger partial charge on any atom is 0.416 e. The monoisotopic (exact) mass is 467 g/mol. The van der Waals surface area contributed by atoms with E-state index in [0.29, 0.717) is 23.7 Å². The number of halogens is 3. The second-order valence-electron chi connectivity index (χ2n) is 9.07. The average Bonchev–Trinajstić information content (AvgIpc) is 2.78. The predicted molar refractivity (Wildman–Crippen MR) is 128 cm³/mol. The zero-order chi connectivity index (χ0) is 24.3. The molecule has 0 saturated carbocycles. The highest BCUT2D eigenvalue weighted by molar-refractivity contribution is 5.85. The molecule has 0 amide bonds. The Bertz CT molecular complexity index is 1150. The Balaban J connectivity index is 1.46. The van der Waals surface area contributed by atoms with E-state index in [-0.39, 0.29) is 0 Å². The molecule has 3 aromatic carbocycles. The van der Waals surface area contributed by atoms with Crippen LogP contribution in [-0.4, -0.2) is 30.7 Å². The second-order valence-corrected chi connectivity index (χ2v) is 9.07. The first-order valence-corrected chi connectivity index (χ1v) is 11.2. The molecule has 0 spiro atoms. The zero-order valence-electron chi connectivity index (χ0n) is 19.5. The van der Waals surface area contributed by atoms with E-state index in [2.05, 4.69) is 24.1 Å². The largest absolute Gasteiger partial charge is 0.492 e. The molecule has 3 aromatic rings. The van der Waals surface area contributed by atoms with E-state index in [9.17, 15) is 13.2 Å². The first kappa shape index (κ1) is 23.9. The summed E-state index contributed by atoms with van der Waals surface area (Å²) in [5, 5.41) is 0. The van der Waals surface area contributed by atoms with Gasteiger partial charge in [0.15, 0.2) is 0 Å². The lowest BCUT2D eigenvalue weighted by atomic mass is 9.89. The van der Waals surface area contributed by atoms with Crippen molar-refractivity contribution in [2.45, 2.75) is 32.2 Å². The summed E-state index contributed by atoms with van der Waals surface area (Å²) < 4.78 is 51.1. The Kier molecular flexibility index (Phi) is 6.71. The van der Waals surface area contributed by atoms with Crippen LogP contribution in [-0.2, 0) is 12.7 Å².